The lowest BCUT2D eigenvalue weighted by Crippen LogP contribution is -2.38. The van der Waals surface area contributed by atoms with Gasteiger partial charge in [-0.2, -0.15) is 0 Å². The van der Waals surface area contributed by atoms with Crippen molar-refractivity contribution in [1.82, 2.24) is 19.5 Å². The third-order valence-corrected chi connectivity index (χ3v) is 10.9. The molecule has 4 heteroatoms. The summed E-state index contributed by atoms with van der Waals surface area (Å²) in [7, 11) is 0. The molecule has 1 spiro atoms. The van der Waals surface area contributed by atoms with Crippen LogP contribution in [0.2, 0.25) is 0 Å². The van der Waals surface area contributed by atoms with Crippen molar-refractivity contribution in [2.45, 2.75) is 11.8 Å². The van der Waals surface area contributed by atoms with Gasteiger partial charge < -0.3 is 4.57 Å². The summed E-state index contributed by atoms with van der Waals surface area (Å²) in [5.41, 5.74) is 16.9. The molecule has 7 aromatic rings. The lowest BCUT2D eigenvalue weighted by atomic mass is 9.58. The third kappa shape index (κ3) is 4.01. The number of benzene rings is 5. The molecule has 4 nitrogen and oxygen atoms in total. The van der Waals surface area contributed by atoms with Gasteiger partial charge in [0.05, 0.1) is 16.4 Å². The minimum Gasteiger partial charge on any atom is -0.309 e. The zero-order valence-electron chi connectivity index (χ0n) is 28.2. The molecule has 0 amide bonds. The Morgan fingerprint density at radius 1 is 0.577 bits per heavy atom. The quantitative estimate of drug-likeness (QED) is 0.177. The van der Waals surface area contributed by atoms with Crippen LogP contribution in [0.15, 0.2) is 187 Å². The lowest BCUT2D eigenvalue weighted by molar-refractivity contribution is 0.724. The van der Waals surface area contributed by atoms with E-state index in [-0.39, 0.29) is 0 Å². The van der Waals surface area contributed by atoms with Gasteiger partial charge in [-0.1, -0.05) is 146 Å². The summed E-state index contributed by atoms with van der Waals surface area (Å²) in [6.07, 6.45) is 16.5. The van der Waals surface area contributed by atoms with E-state index in [9.17, 15) is 0 Å². The van der Waals surface area contributed by atoms with Crippen LogP contribution in [-0.2, 0) is 5.41 Å². The molecule has 0 saturated heterocycles. The second-order valence-corrected chi connectivity index (χ2v) is 13.6. The van der Waals surface area contributed by atoms with Crippen molar-refractivity contribution in [3.05, 3.63) is 209 Å². The maximum atomic E-state index is 5.19. The Morgan fingerprint density at radius 3 is 2.04 bits per heavy atom. The van der Waals surface area contributed by atoms with E-state index in [0.717, 1.165) is 27.8 Å². The molecule has 52 heavy (non-hydrogen) atoms. The topological polar surface area (TPSA) is 43.6 Å². The SMILES string of the molecule is C1=C2C=CC=CC=1C1(C3=CC(c4nc(-c5ccccc5)nc(-c5ccccc5)n4)=CCC=C3n3c4ccccc4c4cccc1c43)c1ccccc12. The van der Waals surface area contributed by atoms with Crippen molar-refractivity contribution >= 4 is 38.6 Å². The predicted octanol–water partition coefficient (Wildman–Crippen LogP) is 10.9. The Hall–Kier alpha value is -6.87. The van der Waals surface area contributed by atoms with Crippen LogP contribution in [0, 0.1) is 0 Å². The number of hydrogen-bond donors (Lipinski definition) is 0. The number of fused-ring (bicyclic) bond motifs is 11. The maximum absolute atomic E-state index is 5.19. The van der Waals surface area contributed by atoms with E-state index in [0.29, 0.717) is 23.9 Å². The van der Waals surface area contributed by atoms with Crippen LogP contribution >= 0.6 is 0 Å². The molecular weight excluding hydrogens is 633 g/mol. The first-order chi connectivity index (χ1) is 25.8. The van der Waals surface area contributed by atoms with Gasteiger partial charge in [-0.15, -0.1) is 5.73 Å². The molecule has 11 rings (SSSR count). The molecule has 2 bridgehead atoms. The second kappa shape index (κ2) is 11.1. The van der Waals surface area contributed by atoms with Gasteiger partial charge in [-0.05, 0) is 53.0 Å². The third-order valence-electron chi connectivity index (χ3n) is 10.9. The molecule has 1 atom stereocenters. The van der Waals surface area contributed by atoms with E-state index < -0.39 is 5.41 Å². The van der Waals surface area contributed by atoms with Crippen molar-refractivity contribution in [3.8, 4) is 22.8 Å². The molecular formula is C48H30N4. The van der Waals surface area contributed by atoms with E-state index in [1.54, 1.807) is 0 Å². The summed E-state index contributed by atoms with van der Waals surface area (Å²) in [5.74, 6) is 1.96. The largest absolute Gasteiger partial charge is 0.309 e. The monoisotopic (exact) mass is 662 g/mol. The molecule has 5 aromatic carbocycles. The number of nitrogens with zero attached hydrogens (tertiary/aromatic N) is 4. The molecule has 4 aliphatic rings. The highest BCUT2D eigenvalue weighted by Crippen LogP contribution is 2.59. The van der Waals surface area contributed by atoms with Crippen molar-refractivity contribution in [2.75, 3.05) is 0 Å². The summed E-state index contributed by atoms with van der Waals surface area (Å²) in [5, 5.41) is 2.50. The second-order valence-electron chi connectivity index (χ2n) is 13.6. The Labute approximate surface area is 301 Å². The summed E-state index contributed by atoms with van der Waals surface area (Å²) in [6.45, 7) is 0. The van der Waals surface area contributed by atoms with Crippen molar-refractivity contribution in [1.29, 1.82) is 0 Å². The molecule has 1 unspecified atom stereocenters. The zero-order chi connectivity index (χ0) is 34.2. The van der Waals surface area contributed by atoms with Gasteiger partial charge in [0.2, 0.25) is 0 Å². The number of para-hydroxylation sites is 2. The van der Waals surface area contributed by atoms with Crippen LogP contribution in [0.25, 0.3) is 61.4 Å². The molecule has 0 radical (unpaired) electrons. The van der Waals surface area contributed by atoms with Gasteiger partial charge in [0.15, 0.2) is 17.5 Å². The Morgan fingerprint density at radius 2 is 1.23 bits per heavy atom. The van der Waals surface area contributed by atoms with Crippen molar-refractivity contribution in [2.24, 2.45) is 0 Å². The first kappa shape index (κ1) is 28.9. The van der Waals surface area contributed by atoms with Crippen LogP contribution in [0.5, 0.6) is 0 Å². The standard InChI is InChI=1S/C48H30N4/c1-3-15-31(16-4-1)45-49-46(32-17-5-2-6-18-32)51-47(50-45)34-20-13-28-43-41(30-34)48(35-21-8-7-19-33(29-35)36-22-9-11-25-39(36)48)40-26-14-24-38-37-23-10-12-27-42(37)52(43)44(38)40/h1-12,14-28,30H,13H2. The summed E-state index contributed by atoms with van der Waals surface area (Å²) < 4.78 is 2.49. The van der Waals surface area contributed by atoms with Crippen LogP contribution in [0.3, 0.4) is 0 Å². The first-order valence-electron chi connectivity index (χ1n) is 17.8. The first-order valence-corrected chi connectivity index (χ1v) is 17.8. The van der Waals surface area contributed by atoms with E-state index in [1.807, 2.05) is 36.4 Å². The fraction of sp³-hybridized carbons (Fsp3) is 0.0417. The average molecular weight is 663 g/mol. The molecule has 242 valence electrons. The maximum Gasteiger partial charge on any atom is 0.164 e. The summed E-state index contributed by atoms with van der Waals surface area (Å²) >= 11 is 0. The number of allylic oxidation sites excluding steroid dienone is 11. The molecule has 0 saturated carbocycles. The number of hydrogen-bond acceptors (Lipinski definition) is 3. The normalized spacial score (nSPS) is 18.1. The van der Waals surface area contributed by atoms with Crippen LogP contribution in [-0.4, -0.2) is 19.5 Å². The highest BCUT2D eigenvalue weighted by atomic mass is 15.0. The summed E-state index contributed by atoms with van der Waals surface area (Å²) in [4.78, 5) is 15.4. The van der Waals surface area contributed by atoms with Crippen LogP contribution < -0.4 is 0 Å². The van der Waals surface area contributed by atoms with E-state index in [2.05, 4.69) is 144 Å². The van der Waals surface area contributed by atoms with E-state index in [1.165, 1.54) is 49.8 Å². The fourth-order valence-corrected chi connectivity index (χ4v) is 8.70. The molecule has 0 N–H and O–H groups in total. The lowest BCUT2D eigenvalue weighted by Gasteiger charge is -2.45. The Bertz CT molecular complexity index is 2830. The van der Waals surface area contributed by atoms with Gasteiger partial charge in [0.1, 0.15) is 0 Å². The number of rotatable bonds is 3. The van der Waals surface area contributed by atoms with Gasteiger partial charge in [0.25, 0.3) is 0 Å². The van der Waals surface area contributed by atoms with Gasteiger partial charge in [-0.3, -0.25) is 0 Å². The smallest absolute Gasteiger partial charge is 0.164 e. The molecule has 3 aliphatic carbocycles. The average Bonchev–Trinajstić information content (AvgIpc) is 3.35. The van der Waals surface area contributed by atoms with Crippen LogP contribution in [0.1, 0.15) is 28.9 Å². The Balaban J connectivity index is 1.25. The molecule has 1 aliphatic heterocycles. The number of aromatic nitrogens is 4. The zero-order valence-corrected chi connectivity index (χ0v) is 28.2. The minimum absolute atomic E-state index is 0.652. The van der Waals surface area contributed by atoms with Gasteiger partial charge in [0, 0.05) is 44.3 Å². The van der Waals surface area contributed by atoms with E-state index in [4.69, 9.17) is 15.0 Å². The van der Waals surface area contributed by atoms with Gasteiger partial charge in [-0.25, -0.2) is 15.0 Å². The highest BCUT2D eigenvalue weighted by molar-refractivity contribution is 6.15. The summed E-state index contributed by atoms with van der Waals surface area (Å²) in [6, 6.07) is 44.9. The van der Waals surface area contributed by atoms with E-state index >= 15 is 0 Å². The minimum atomic E-state index is -0.653. The predicted molar refractivity (Wildman–Crippen MR) is 211 cm³/mol. The highest BCUT2D eigenvalue weighted by Gasteiger charge is 2.50. The fourth-order valence-electron chi connectivity index (χ4n) is 8.70. The molecule has 2 aromatic heterocycles. The van der Waals surface area contributed by atoms with Crippen molar-refractivity contribution in [3.63, 3.8) is 0 Å². The van der Waals surface area contributed by atoms with Crippen LogP contribution in [0.4, 0.5) is 0 Å². The van der Waals surface area contributed by atoms with Crippen molar-refractivity contribution < 1.29 is 0 Å². The Kier molecular flexibility index (Phi) is 6.15. The molecule has 3 heterocycles. The molecule has 0 fully saturated rings. The van der Waals surface area contributed by atoms with Gasteiger partial charge >= 0.3 is 0 Å².